The molecule has 3 heterocycles. The maximum absolute atomic E-state index is 14.5. The van der Waals surface area contributed by atoms with Crippen molar-refractivity contribution in [1.29, 1.82) is 0 Å². The Labute approximate surface area is 256 Å². The van der Waals surface area contributed by atoms with Gasteiger partial charge in [-0.25, -0.2) is 23.8 Å². The standard InChI is InChI=1S/C32H30F4N6O3/c1-3-44-31(43)27-18-38-42(30(27)32(34,35)36)29-7-4-6-28(40-29)26-17-24(33)12-10-23(26)9-8-22-11-13-25(16-21(22)2)45-15-5-14-41-20-37-19-39-41/h4,6-7,10-13,16-20H,3,5,8-9,14-15H2,1-2H3. The van der Waals surface area contributed by atoms with Gasteiger partial charge in [-0.2, -0.15) is 23.4 Å². The summed E-state index contributed by atoms with van der Waals surface area (Å²) in [7, 11) is 0. The molecule has 3 aromatic heterocycles. The van der Waals surface area contributed by atoms with E-state index in [1.165, 1.54) is 37.5 Å². The number of carbonyl (C=O) groups is 1. The Hall–Kier alpha value is -5.07. The molecule has 0 saturated heterocycles. The van der Waals surface area contributed by atoms with E-state index in [1.54, 1.807) is 23.1 Å². The quantitative estimate of drug-likeness (QED) is 0.0900. The second kappa shape index (κ2) is 13.7. The number of alkyl halides is 3. The largest absolute Gasteiger partial charge is 0.494 e. The van der Waals surface area contributed by atoms with Crippen molar-refractivity contribution in [1.82, 2.24) is 29.5 Å². The molecule has 0 unspecified atom stereocenters. The maximum Gasteiger partial charge on any atom is 0.434 e. The molecule has 0 aliphatic rings. The summed E-state index contributed by atoms with van der Waals surface area (Å²) >= 11 is 0. The summed E-state index contributed by atoms with van der Waals surface area (Å²) in [4.78, 5) is 20.5. The van der Waals surface area contributed by atoms with Gasteiger partial charge < -0.3 is 9.47 Å². The van der Waals surface area contributed by atoms with E-state index < -0.39 is 29.2 Å². The van der Waals surface area contributed by atoms with E-state index in [0.29, 0.717) is 36.2 Å². The smallest absolute Gasteiger partial charge is 0.434 e. The minimum atomic E-state index is -4.92. The first-order chi connectivity index (χ1) is 21.6. The van der Waals surface area contributed by atoms with E-state index in [9.17, 15) is 22.4 Å². The summed E-state index contributed by atoms with van der Waals surface area (Å²) in [6.07, 6.45) is 0.947. The van der Waals surface area contributed by atoms with E-state index >= 15 is 0 Å². The lowest BCUT2D eigenvalue weighted by Gasteiger charge is -2.14. The third kappa shape index (κ3) is 7.54. The van der Waals surface area contributed by atoms with Crippen LogP contribution in [0.1, 0.15) is 46.1 Å². The first kappa shape index (κ1) is 31.4. The van der Waals surface area contributed by atoms with Crippen LogP contribution in [0.25, 0.3) is 17.1 Å². The van der Waals surface area contributed by atoms with Crippen molar-refractivity contribution in [2.24, 2.45) is 0 Å². The van der Waals surface area contributed by atoms with Crippen LogP contribution in [-0.2, 0) is 30.3 Å². The summed E-state index contributed by atoms with van der Waals surface area (Å²) in [6, 6.07) is 14.6. The number of hydrogen-bond acceptors (Lipinski definition) is 7. The Morgan fingerprint density at radius 3 is 2.53 bits per heavy atom. The zero-order chi connectivity index (χ0) is 32.0. The zero-order valence-corrected chi connectivity index (χ0v) is 24.6. The molecule has 2 aromatic carbocycles. The Morgan fingerprint density at radius 1 is 1.00 bits per heavy atom. The number of aryl methyl sites for hydroxylation is 4. The fourth-order valence-corrected chi connectivity index (χ4v) is 4.92. The van der Waals surface area contributed by atoms with Gasteiger partial charge in [-0.05, 0) is 79.8 Å². The maximum atomic E-state index is 14.5. The molecule has 0 atom stereocenters. The highest BCUT2D eigenvalue weighted by molar-refractivity contribution is 5.90. The van der Waals surface area contributed by atoms with Crippen LogP contribution in [0.15, 0.2) is 73.4 Å². The monoisotopic (exact) mass is 622 g/mol. The summed E-state index contributed by atoms with van der Waals surface area (Å²) in [5, 5.41) is 7.87. The second-order valence-corrected chi connectivity index (χ2v) is 10.2. The normalized spacial score (nSPS) is 11.5. The number of rotatable bonds is 12. The molecule has 234 valence electrons. The lowest BCUT2D eigenvalue weighted by Crippen LogP contribution is -2.19. The average molecular weight is 623 g/mol. The lowest BCUT2D eigenvalue weighted by molar-refractivity contribution is -0.143. The number of pyridine rings is 1. The first-order valence-corrected chi connectivity index (χ1v) is 14.3. The molecule has 9 nitrogen and oxygen atoms in total. The number of halogens is 4. The minimum absolute atomic E-state index is 0.0967. The van der Waals surface area contributed by atoms with Gasteiger partial charge in [0.2, 0.25) is 0 Å². The lowest BCUT2D eigenvalue weighted by atomic mass is 9.95. The molecule has 5 rings (SSSR count). The fourth-order valence-electron chi connectivity index (χ4n) is 4.92. The molecule has 0 N–H and O–H groups in total. The fraction of sp³-hybridized carbons (Fsp3) is 0.281. The van der Waals surface area contributed by atoms with Crippen molar-refractivity contribution in [3.8, 4) is 22.8 Å². The number of ether oxygens (including phenoxy) is 2. The predicted molar refractivity (Wildman–Crippen MR) is 156 cm³/mol. The molecule has 0 amide bonds. The molecule has 0 radical (unpaired) electrons. The molecule has 45 heavy (non-hydrogen) atoms. The van der Waals surface area contributed by atoms with Gasteiger partial charge in [0.25, 0.3) is 0 Å². The van der Waals surface area contributed by atoms with E-state index in [0.717, 1.165) is 35.1 Å². The van der Waals surface area contributed by atoms with Crippen molar-refractivity contribution in [2.45, 2.75) is 45.8 Å². The molecule has 0 aliphatic heterocycles. The average Bonchev–Trinajstić information content (AvgIpc) is 3.70. The Kier molecular flexibility index (Phi) is 9.55. The van der Waals surface area contributed by atoms with E-state index in [2.05, 4.69) is 20.2 Å². The van der Waals surface area contributed by atoms with Gasteiger partial charge in [0.1, 0.15) is 29.8 Å². The number of carbonyl (C=O) groups excluding carboxylic acids is 1. The number of hydrogen-bond donors (Lipinski definition) is 0. The molecule has 13 heteroatoms. The highest BCUT2D eigenvalue weighted by Crippen LogP contribution is 2.34. The van der Waals surface area contributed by atoms with Gasteiger partial charge in [-0.15, -0.1) is 0 Å². The molecule has 0 saturated carbocycles. The van der Waals surface area contributed by atoms with Gasteiger partial charge >= 0.3 is 12.1 Å². The van der Waals surface area contributed by atoms with Crippen LogP contribution in [0.5, 0.6) is 5.75 Å². The van der Waals surface area contributed by atoms with Crippen LogP contribution < -0.4 is 4.74 Å². The van der Waals surface area contributed by atoms with Gasteiger partial charge in [0, 0.05) is 18.5 Å². The highest BCUT2D eigenvalue weighted by Gasteiger charge is 2.41. The molecule has 0 spiro atoms. The van der Waals surface area contributed by atoms with E-state index in [-0.39, 0.29) is 18.1 Å². The molecule has 5 aromatic rings. The van der Waals surface area contributed by atoms with Crippen molar-refractivity contribution in [3.63, 3.8) is 0 Å². The first-order valence-electron chi connectivity index (χ1n) is 14.3. The topological polar surface area (TPSA) is 96.9 Å². The Balaban J connectivity index is 1.34. The van der Waals surface area contributed by atoms with Crippen molar-refractivity contribution in [3.05, 3.63) is 107 Å². The Bertz CT molecular complexity index is 1770. The number of nitrogens with zero attached hydrogens (tertiary/aromatic N) is 6. The summed E-state index contributed by atoms with van der Waals surface area (Å²) in [6.45, 7) is 4.61. The summed E-state index contributed by atoms with van der Waals surface area (Å²) < 4.78 is 69.6. The molecular weight excluding hydrogens is 592 g/mol. The SMILES string of the molecule is CCOC(=O)c1cnn(-c2cccc(-c3cc(F)ccc3CCc3ccc(OCCCn4cncn4)cc3C)n2)c1C(F)(F)F. The summed E-state index contributed by atoms with van der Waals surface area (Å²) in [5.74, 6) is -1.08. The minimum Gasteiger partial charge on any atom is -0.494 e. The number of aromatic nitrogens is 6. The number of benzene rings is 2. The second-order valence-electron chi connectivity index (χ2n) is 10.2. The van der Waals surface area contributed by atoms with Gasteiger partial charge in [0.15, 0.2) is 11.5 Å². The van der Waals surface area contributed by atoms with Crippen molar-refractivity contribution >= 4 is 5.97 Å². The van der Waals surface area contributed by atoms with Crippen LogP contribution in [0, 0.1) is 12.7 Å². The molecular formula is C32H30F4N6O3. The predicted octanol–water partition coefficient (Wildman–Crippen LogP) is 6.42. The highest BCUT2D eigenvalue weighted by atomic mass is 19.4. The molecule has 0 bridgehead atoms. The Morgan fingerprint density at radius 2 is 1.80 bits per heavy atom. The van der Waals surface area contributed by atoms with Crippen LogP contribution in [0.3, 0.4) is 0 Å². The molecule has 0 aliphatic carbocycles. The van der Waals surface area contributed by atoms with Crippen LogP contribution in [-0.4, -0.2) is 48.7 Å². The van der Waals surface area contributed by atoms with Gasteiger partial charge in [-0.3, -0.25) is 4.68 Å². The van der Waals surface area contributed by atoms with Gasteiger partial charge in [-0.1, -0.05) is 18.2 Å². The molecule has 0 fully saturated rings. The summed E-state index contributed by atoms with van der Waals surface area (Å²) in [5.41, 5.74) is 1.54. The number of esters is 1. The van der Waals surface area contributed by atoms with Crippen LogP contribution in [0.2, 0.25) is 0 Å². The third-order valence-electron chi connectivity index (χ3n) is 7.08. The van der Waals surface area contributed by atoms with E-state index in [1.807, 2.05) is 25.1 Å². The zero-order valence-electron chi connectivity index (χ0n) is 24.6. The van der Waals surface area contributed by atoms with E-state index in [4.69, 9.17) is 9.47 Å². The van der Waals surface area contributed by atoms with Gasteiger partial charge in [0.05, 0.1) is 25.1 Å². The van der Waals surface area contributed by atoms with Crippen LogP contribution in [0.4, 0.5) is 17.6 Å². The van der Waals surface area contributed by atoms with Crippen molar-refractivity contribution < 1.29 is 31.8 Å². The third-order valence-corrected chi connectivity index (χ3v) is 7.08. The van der Waals surface area contributed by atoms with Crippen LogP contribution >= 0.6 is 0 Å². The van der Waals surface area contributed by atoms with Crippen molar-refractivity contribution in [2.75, 3.05) is 13.2 Å².